The van der Waals surface area contributed by atoms with E-state index in [1.165, 1.54) is 0 Å². The van der Waals surface area contributed by atoms with Crippen molar-refractivity contribution in [2.24, 2.45) is 0 Å². The Bertz CT molecular complexity index is 322. The highest BCUT2D eigenvalue weighted by atomic mass is 32.1. The third kappa shape index (κ3) is 2.95. The Balaban J connectivity index is 2.75. The summed E-state index contributed by atoms with van der Waals surface area (Å²) in [6.45, 7) is 4.18. The molecule has 0 saturated carbocycles. The summed E-state index contributed by atoms with van der Waals surface area (Å²) in [6.07, 6.45) is 1.76. The van der Waals surface area contributed by atoms with Gasteiger partial charge in [0.25, 0.3) is 5.24 Å². The molecule has 0 radical (unpaired) electrons. The molecule has 0 atom stereocenters. The highest BCUT2D eigenvalue weighted by Gasteiger charge is 1.98. The molecule has 1 aromatic rings. The second-order valence-corrected chi connectivity index (χ2v) is 2.97. The molecular weight excluding hydrogens is 182 g/mol. The summed E-state index contributed by atoms with van der Waals surface area (Å²) in [6, 6.07) is 7.75. The van der Waals surface area contributed by atoms with Crippen molar-refractivity contribution in [1.82, 2.24) is 5.32 Å². The normalized spacial score (nSPS) is 9.31. The van der Waals surface area contributed by atoms with Gasteiger partial charge in [0.05, 0.1) is 0 Å². The maximum atomic E-state index is 10.5. The van der Waals surface area contributed by atoms with Crippen LogP contribution in [0.5, 0.6) is 0 Å². The lowest BCUT2D eigenvalue weighted by molar-refractivity contribution is 0.260. The fourth-order valence-corrected chi connectivity index (χ4v) is 1.14. The molecule has 1 N–H and O–H groups in total. The first-order chi connectivity index (χ1) is 6.24. The van der Waals surface area contributed by atoms with Crippen LogP contribution in [0.15, 0.2) is 30.8 Å². The first-order valence-corrected chi connectivity index (χ1v) is 4.36. The number of carbonyl (C=O) groups is 1. The van der Waals surface area contributed by atoms with Gasteiger partial charge in [0, 0.05) is 6.54 Å². The number of thiol groups is 1. The molecule has 1 aromatic carbocycles. The summed E-state index contributed by atoms with van der Waals surface area (Å²) < 4.78 is 0. The van der Waals surface area contributed by atoms with Crippen molar-refractivity contribution < 1.29 is 4.79 Å². The van der Waals surface area contributed by atoms with Crippen LogP contribution >= 0.6 is 12.6 Å². The van der Waals surface area contributed by atoms with Crippen LogP contribution in [-0.4, -0.2) is 5.24 Å². The number of amides is 1. The van der Waals surface area contributed by atoms with E-state index in [-0.39, 0.29) is 5.24 Å². The molecule has 1 amide bonds. The van der Waals surface area contributed by atoms with E-state index in [1.807, 2.05) is 24.3 Å². The summed E-state index contributed by atoms with van der Waals surface area (Å²) in [5.74, 6) is 0. The van der Waals surface area contributed by atoms with Crippen LogP contribution in [0.1, 0.15) is 11.1 Å². The van der Waals surface area contributed by atoms with Crippen LogP contribution in [0.4, 0.5) is 4.79 Å². The largest absolute Gasteiger partial charge is 0.343 e. The SMILES string of the molecule is C=Cc1ccccc1CNC(=O)S. The van der Waals surface area contributed by atoms with Crippen LogP contribution in [0, 0.1) is 0 Å². The zero-order valence-corrected chi connectivity index (χ0v) is 8.05. The van der Waals surface area contributed by atoms with Gasteiger partial charge in [-0.25, -0.2) is 0 Å². The maximum absolute atomic E-state index is 10.5. The van der Waals surface area contributed by atoms with E-state index < -0.39 is 0 Å². The molecule has 0 unspecified atom stereocenters. The molecule has 0 saturated heterocycles. The van der Waals surface area contributed by atoms with E-state index in [1.54, 1.807) is 6.08 Å². The smallest absolute Gasteiger partial charge is 0.276 e. The third-order valence-corrected chi connectivity index (χ3v) is 1.86. The highest BCUT2D eigenvalue weighted by molar-refractivity contribution is 7.96. The first kappa shape index (κ1) is 9.86. The molecule has 3 heteroatoms. The summed E-state index contributed by atoms with van der Waals surface area (Å²) in [5.41, 5.74) is 2.07. The summed E-state index contributed by atoms with van der Waals surface area (Å²) in [5, 5.41) is 2.29. The van der Waals surface area contributed by atoms with Gasteiger partial charge >= 0.3 is 0 Å². The van der Waals surface area contributed by atoms with Gasteiger partial charge in [-0.05, 0) is 11.1 Å². The fourth-order valence-electron chi connectivity index (χ4n) is 1.07. The molecule has 0 heterocycles. The number of hydrogen-bond acceptors (Lipinski definition) is 1. The fraction of sp³-hybridized carbons (Fsp3) is 0.100. The van der Waals surface area contributed by atoms with Gasteiger partial charge in [-0.2, -0.15) is 0 Å². The lowest BCUT2D eigenvalue weighted by atomic mass is 10.1. The van der Waals surface area contributed by atoms with Crippen molar-refractivity contribution in [3.8, 4) is 0 Å². The van der Waals surface area contributed by atoms with Gasteiger partial charge < -0.3 is 5.32 Å². The molecule has 0 aliphatic carbocycles. The van der Waals surface area contributed by atoms with Crippen LogP contribution in [-0.2, 0) is 6.54 Å². The van der Waals surface area contributed by atoms with E-state index >= 15 is 0 Å². The van der Waals surface area contributed by atoms with Crippen molar-refractivity contribution in [2.45, 2.75) is 6.54 Å². The third-order valence-electron chi connectivity index (χ3n) is 1.71. The van der Waals surface area contributed by atoms with Gasteiger partial charge in [-0.3, -0.25) is 4.79 Å². The Kier molecular flexibility index (Phi) is 3.58. The molecule has 0 spiro atoms. The van der Waals surface area contributed by atoms with Crippen molar-refractivity contribution in [3.63, 3.8) is 0 Å². The summed E-state index contributed by atoms with van der Waals surface area (Å²) in [4.78, 5) is 10.5. The van der Waals surface area contributed by atoms with Crippen LogP contribution in [0.3, 0.4) is 0 Å². The summed E-state index contributed by atoms with van der Waals surface area (Å²) in [7, 11) is 0. The maximum Gasteiger partial charge on any atom is 0.276 e. The van der Waals surface area contributed by atoms with Gasteiger partial charge in [-0.15, -0.1) is 0 Å². The molecule has 0 bridgehead atoms. The average Bonchev–Trinajstić information content (AvgIpc) is 2.15. The molecular formula is C10H11NOS. The van der Waals surface area contributed by atoms with E-state index in [9.17, 15) is 4.79 Å². The minimum atomic E-state index is -0.320. The molecule has 0 fully saturated rings. The molecule has 0 aliphatic rings. The van der Waals surface area contributed by atoms with E-state index in [0.717, 1.165) is 11.1 Å². The molecule has 13 heavy (non-hydrogen) atoms. The van der Waals surface area contributed by atoms with Crippen molar-refractivity contribution in [1.29, 1.82) is 0 Å². The number of carbonyl (C=O) groups excluding carboxylic acids is 1. The number of benzene rings is 1. The second-order valence-electron chi connectivity index (χ2n) is 2.56. The predicted molar refractivity (Wildman–Crippen MR) is 57.8 cm³/mol. The second kappa shape index (κ2) is 4.72. The number of hydrogen-bond donors (Lipinski definition) is 2. The topological polar surface area (TPSA) is 29.1 Å². The van der Waals surface area contributed by atoms with Gasteiger partial charge in [-0.1, -0.05) is 49.5 Å². The van der Waals surface area contributed by atoms with E-state index in [0.29, 0.717) is 6.54 Å². The molecule has 0 aliphatic heterocycles. The monoisotopic (exact) mass is 193 g/mol. The lowest BCUT2D eigenvalue weighted by Crippen LogP contribution is -2.16. The summed E-state index contributed by atoms with van der Waals surface area (Å²) >= 11 is 3.62. The molecule has 0 aromatic heterocycles. The van der Waals surface area contributed by atoms with E-state index in [4.69, 9.17) is 0 Å². The van der Waals surface area contributed by atoms with E-state index in [2.05, 4.69) is 24.5 Å². The molecule has 2 nitrogen and oxygen atoms in total. The van der Waals surface area contributed by atoms with Gasteiger partial charge in [0.2, 0.25) is 0 Å². The van der Waals surface area contributed by atoms with Crippen molar-refractivity contribution in [2.75, 3.05) is 0 Å². The predicted octanol–water partition coefficient (Wildman–Crippen LogP) is 2.47. The lowest BCUT2D eigenvalue weighted by Gasteiger charge is -2.05. The standard InChI is InChI=1S/C10H11NOS/c1-2-8-5-3-4-6-9(8)7-11-10(12)13/h2-6H,1,7H2,(H2,11,12,13). The zero-order chi connectivity index (χ0) is 9.68. The molecule has 1 rings (SSSR count). The van der Waals surface area contributed by atoms with Gasteiger partial charge in [0.1, 0.15) is 0 Å². The Hall–Kier alpha value is -1.22. The Morgan fingerprint density at radius 2 is 2.23 bits per heavy atom. The quantitative estimate of drug-likeness (QED) is 0.709. The zero-order valence-electron chi connectivity index (χ0n) is 7.16. The molecule has 68 valence electrons. The number of nitrogens with one attached hydrogen (secondary N) is 1. The minimum Gasteiger partial charge on any atom is -0.343 e. The van der Waals surface area contributed by atoms with Crippen LogP contribution < -0.4 is 5.32 Å². The first-order valence-electron chi connectivity index (χ1n) is 3.91. The van der Waals surface area contributed by atoms with Crippen LogP contribution in [0.25, 0.3) is 6.08 Å². The average molecular weight is 193 g/mol. The van der Waals surface area contributed by atoms with Crippen LogP contribution in [0.2, 0.25) is 0 Å². The Labute approximate surface area is 83.1 Å². The van der Waals surface area contributed by atoms with Crippen molar-refractivity contribution in [3.05, 3.63) is 42.0 Å². The van der Waals surface area contributed by atoms with Gasteiger partial charge in [0.15, 0.2) is 0 Å². The highest BCUT2D eigenvalue weighted by Crippen LogP contribution is 2.09. The number of rotatable bonds is 3. The minimum absolute atomic E-state index is 0.320. The Morgan fingerprint density at radius 3 is 2.85 bits per heavy atom. The van der Waals surface area contributed by atoms with Crippen molar-refractivity contribution >= 4 is 23.9 Å². The Morgan fingerprint density at radius 1 is 1.54 bits per heavy atom.